The Bertz CT molecular complexity index is 309. The highest BCUT2D eigenvalue weighted by Gasteiger charge is 2.33. The molecule has 0 saturated carbocycles. The lowest BCUT2D eigenvalue weighted by Gasteiger charge is -2.28. The summed E-state index contributed by atoms with van der Waals surface area (Å²) >= 11 is 0. The van der Waals surface area contributed by atoms with Gasteiger partial charge in [-0.1, -0.05) is 0 Å². The summed E-state index contributed by atoms with van der Waals surface area (Å²) in [6.45, 7) is 0.831. The SMILES string of the molecule is NC(=O)NCCNC(=O)CC1CC2CCC(C1)N2. The first-order valence-electron chi connectivity index (χ1n) is 6.69. The monoisotopic (exact) mass is 254 g/mol. The Hall–Kier alpha value is -1.30. The summed E-state index contributed by atoms with van der Waals surface area (Å²) < 4.78 is 0. The van der Waals surface area contributed by atoms with E-state index in [1.54, 1.807) is 0 Å². The fraction of sp³-hybridized carbons (Fsp3) is 0.833. The molecule has 0 aromatic rings. The lowest BCUT2D eigenvalue weighted by Crippen LogP contribution is -2.41. The summed E-state index contributed by atoms with van der Waals surface area (Å²) in [5, 5.41) is 8.81. The Labute approximate surface area is 107 Å². The van der Waals surface area contributed by atoms with Gasteiger partial charge in [-0.2, -0.15) is 0 Å². The van der Waals surface area contributed by atoms with Gasteiger partial charge >= 0.3 is 6.03 Å². The molecule has 0 radical (unpaired) electrons. The lowest BCUT2D eigenvalue weighted by molar-refractivity contribution is -0.122. The van der Waals surface area contributed by atoms with Crippen molar-refractivity contribution in [1.29, 1.82) is 0 Å². The predicted octanol–water partition coefficient (Wildman–Crippen LogP) is -0.308. The van der Waals surface area contributed by atoms with E-state index < -0.39 is 6.03 Å². The van der Waals surface area contributed by atoms with E-state index in [0.717, 1.165) is 12.8 Å². The molecule has 6 nitrogen and oxygen atoms in total. The molecular weight excluding hydrogens is 232 g/mol. The van der Waals surface area contributed by atoms with E-state index in [-0.39, 0.29) is 5.91 Å². The summed E-state index contributed by atoms with van der Waals surface area (Å²) in [6, 6.07) is 0.690. The number of nitrogens with two attached hydrogens (primary N) is 1. The highest BCUT2D eigenvalue weighted by molar-refractivity contribution is 5.76. The molecule has 2 unspecified atom stereocenters. The highest BCUT2D eigenvalue weighted by atomic mass is 16.2. The van der Waals surface area contributed by atoms with E-state index in [9.17, 15) is 9.59 Å². The van der Waals surface area contributed by atoms with Gasteiger partial charge in [0.05, 0.1) is 0 Å². The van der Waals surface area contributed by atoms with Crippen LogP contribution in [0.3, 0.4) is 0 Å². The number of urea groups is 1. The number of carbonyl (C=O) groups is 2. The average molecular weight is 254 g/mol. The number of hydrogen-bond donors (Lipinski definition) is 4. The molecule has 2 bridgehead atoms. The number of amides is 3. The molecule has 2 saturated heterocycles. The first-order valence-corrected chi connectivity index (χ1v) is 6.69. The van der Waals surface area contributed by atoms with Crippen molar-refractivity contribution in [1.82, 2.24) is 16.0 Å². The predicted molar refractivity (Wildman–Crippen MR) is 67.9 cm³/mol. The molecule has 2 rings (SSSR count). The number of fused-ring (bicyclic) bond motifs is 2. The molecule has 0 aromatic carbocycles. The topological polar surface area (TPSA) is 96.2 Å². The number of hydrogen-bond acceptors (Lipinski definition) is 3. The summed E-state index contributed by atoms with van der Waals surface area (Å²) in [6.07, 6.45) is 5.34. The third-order valence-corrected chi connectivity index (χ3v) is 3.79. The van der Waals surface area contributed by atoms with Gasteiger partial charge in [0.15, 0.2) is 0 Å². The molecule has 0 aromatic heterocycles. The van der Waals surface area contributed by atoms with Crippen molar-refractivity contribution in [2.45, 2.75) is 44.2 Å². The first-order chi connectivity index (χ1) is 8.63. The smallest absolute Gasteiger partial charge is 0.312 e. The van der Waals surface area contributed by atoms with Crippen LogP contribution in [0, 0.1) is 5.92 Å². The standard InChI is InChI=1S/C12H22N4O2/c13-12(18)15-4-3-14-11(17)7-8-5-9-1-2-10(6-8)16-9/h8-10,16H,1-7H2,(H,14,17)(H3,13,15,18). The van der Waals surface area contributed by atoms with E-state index in [1.165, 1.54) is 12.8 Å². The molecule has 2 atom stereocenters. The van der Waals surface area contributed by atoms with Crippen molar-refractivity contribution in [3.05, 3.63) is 0 Å². The third kappa shape index (κ3) is 3.87. The Balaban J connectivity index is 1.61. The van der Waals surface area contributed by atoms with E-state index >= 15 is 0 Å². The summed E-state index contributed by atoms with van der Waals surface area (Å²) in [4.78, 5) is 22.1. The molecule has 18 heavy (non-hydrogen) atoms. The molecular formula is C12H22N4O2. The molecule has 2 heterocycles. The van der Waals surface area contributed by atoms with Gasteiger partial charge < -0.3 is 21.7 Å². The van der Waals surface area contributed by atoms with Gasteiger partial charge in [0, 0.05) is 31.6 Å². The minimum atomic E-state index is -0.556. The van der Waals surface area contributed by atoms with Crippen LogP contribution in [0.1, 0.15) is 32.1 Å². The molecule has 0 aliphatic carbocycles. The van der Waals surface area contributed by atoms with Gasteiger partial charge in [0.1, 0.15) is 0 Å². The zero-order valence-electron chi connectivity index (χ0n) is 10.6. The van der Waals surface area contributed by atoms with Crippen LogP contribution in [0.25, 0.3) is 0 Å². The lowest BCUT2D eigenvalue weighted by atomic mass is 9.89. The number of piperidine rings is 1. The van der Waals surface area contributed by atoms with Crippen LogP contribution in [0.2, 0.25) is 0 Å². The van der Waals surface area contributed by atoms with Crippen LogP contribution < -0.4 is 21.7 Å². The zero-order valence-corrected chi connectivity index (χ0v) is 10.6. The highest BCUT2D eigenvalue weighted by Crippen LogP contribution is 2.32. The maximum atomic E-state index is 11.7. The van der Waals surface area contributed by atoms with Gasteiger partial charge in [-0.25, -0.2) is 4.79 Å². The second-order valence-corrected chi connectivity index (χ2v) is 5.32. The molecule has 2 fully saturated rings. The van der Waals surface area contributed by atoms with Crippen LogP contribution in [0.4, 0.5) is 4.79 Å². The Morgan fingerprint density at radius 1 is 1.11 bits per heavy atom. The van der Waals surface area contributed by atoms with Crippen LogP contribution in [0.5, 0.6) is 0 Å². The van der Waals surface area contributed by atoms with Crippen molar-refractivity contribution in [3.63, 3.8) is 0 Å². The first kappa shape index (κ1) is 13.1. The number of primary amides is 1. The van der Waals surface area contributed by atoms with Gasteiger partial charge in [0.25, 0.3) is 0 Å². The van der Waals surface area contributed by atoms with Crippen LogP contribution in [-0.4, -0.2) is 37.1 Å². The van der Waals surface area contributed by atoms with Crippen molar-refractivity contribution in [3.8, 4) is 0 Å². The Morgan fingerprint density at radius 3 is 2.33 bits per heavy atom. The summed E-state index contributed by atoms with van der Waals surface area (Å²) in [5.41, 5.74) is 4.93. The van der Waals surface area contributed by atoms with Crippen molar-refractivity contribution < 1.29 is 9.59 Å². The Morgan fingerprint density at radius 2 is 1.72 bits per heavy atom. The Kier molecular flexibility index (Phi) is 4.41. The quantitative estimate of drug-likeness (QED) is 0.507. The minimum Gasteiger partial charge on any atom is -0.354 e. The fourth-order valence-corrected chi connectivity index (χ4v) is 3.06. The molecule has 102 valence electrons. The van der Waals surface area contributed by atoms with Gasteiger partial charge in [-0.3, -0.25) is 4.79 Å². The summed E-state index contributed by atoms with van der Waals surface area (Å²) in [5.74, 6) is 0.584. The van der Waals surface area contributed by atoms with Crippen LogP contribution >= 0.6 is 0 Å². The van der Waals surface area contributed by atoms with E-state index in [0.29, 0.717) is 37.5 Å². The molecule has 3 amide bonds. The zero-order chi connectivity index (χ0) is 13.0. The average Bonchev–Trinajstić information content (AvgIpc) is 2.64. The van der Waals surface area contributed by atoms with Crippen LogP contribution in [-0.2, 0) is 4.79 Å². The molecule has 0 spiro atoms. The molecule has 6 heteroatoms. The third-order valence-electron chi connectivity index (χ3n) is 3.79. The molecule has 2 aliphatic heterocycles. The maximum Gasteiger partial charge on any atom is 0.312 e. The maximum absolute atomic E-state index is 11.7. The minimum absolute atomic E-state index is 0.0765. The van der Waals surface area contributed by atoms with Crippen LogP contribution in [0.15, 0.2) is 0 Å². The van der Waals surface area contributed by atoms with E-state index in [1.807, 2.05) is 0 Å². The van der Waals surface area contributed by atoms with Gasteiger partial charge in [0.2, 0.25) is 5.91 Å². The van der Waals surface area contributed by atoms with Gasteiger partial charge in [-0.05, 0) is 31.6 Å². The molecule has 2 aliphatic rings. The van der Waals surface area contributed by atoms with Crippen molar-refractivity contribution in [2.24, 2.45) is 11.7 Å². The van der Waals surface area contributed by atoms with Crippen molar-refractivity contribution >= 4 is 11.9 Å². The largest absolute Gasteiger partial charge is 0.354 e. The van der Waals surface area contributed by atoms with E-state index in [4.69, 9.17) is 5.73 Å². The second kappa shape index (κ2) is 6.04. The number of rotatable bonds is 5. The molecule has 5 N–H and O–H groups in total. The number of nitrogens with one attached hydrogen (secondary N) is 3. The summed E-state index contributed by atoms with van der Waals surface area (Å²) in [7, 11) is 0. The second-order valence-electron chi connectivity index (χ2n) is 5.32. The number of carbonyl (C=O) groups excluding carboxylic acids is 2. The van der Waals surface area contributed by atoms with Crippen molar-refractivity contribution in [2.75, 3.05) is 13.1 Å². The van der Waals surface area contributed by atoms with Gasteiger partial charge in [-0.15, -0.1) is 0 Å². The normalized spacial score (nSPS) is 29.9. The van der Waals surface area contributed by atoms with E-state index in [2.05, 4.69) is 16.0 Å². The fourth-order valence-electron chi connectivity index (χ4n) is 3.06.